The van der Waals surface area contributed by atoms with Gasteiger partial charge in [-0.2, -0.15) is 0 Å². The topological polar surface area (TPSA) is 62.0 Å². The molecule has 0 radical (unpaired) electrons. The van der Waals surface area contributed by atoms with Crippen LogP contribution in [0.4, 0.5) is 0 Å². The van der Waals surface area contributed by atoms with Crippen molar-refractivity contribution in [3.63, 3.8) is 0 Å². The normalized spacial score (nSPS) is 12.1. The van der Waals surface area contributed by atoms with E-state index in [4.69, 9.17) is 0 Å². The molecule has 14 heavy (non-hydrogen) atoms. The quantitative estimate of drug-likeness (QED) is 0.751. The molecular weight excluding hydrogens is 180 g/mol. The van der Waals surface area contributed by atoms with Crippen LogP contribution in [0.15, 0.2) is 23.1 Å². The number of carbonyl (C=O) groups excluding carboxylic acids is 1. The summed E-state index contributed by atoms with van der Waals surface area (Å²) in [5, 5.41) is 2.78. The summed E-state index contributed by atoms with van der Waals surface area (Å²) in [6.45, 7) is 3.91. The van der Waals surface area contributed by atoms with E-state index in [1.807, 2.05) is 13.8 Å². The van der Waals surface area contributed by atoms with Gasteiger partial charge in [0.25, 0.3) is 5.91 Å². The van der Waals surface area contributed by atoms with E-state index in [-0.39, 0.29) is 17.5 Å². The van der Waals surface area contributed by atoms with Gasteiger partial charge in [0.1, 0.15) is 0 Å². The number of rotatable bonds is 3. The first-order valence-corrected chi connectivity index (χ1v) is 4.63. The number of nitrogens with one attached hydrogen (secondary N) is 2. The van der Waals surface area contributed by atoms with Crippen molar-refractivity contribution in [2.45, 2.75) is 26.3 Å². The Kier molecular flexibility index (Phi) is 3.45. The van der Waals surface area contributed by atoms with Gasteiger partial charge in [0, 0.05) is 23.9 Å². The molecule has 0 saturated carbocycles. The second kappa shape index (κ2) is 4.60. The molecule has 4 heteroatoms. The minimum absolute atomic E-state index is 0.127. The molecule has 0 bridgehead atoms. The molecule has 2 N–H and O–H groups in total. The molecule has 0 aromatic carbocycles. The molecule has 1 unspecified atom stereocenters. The first-order valence-electron chi connectivity index (χ1n) is 4.63. The molecule has 0 fully saturated rings. The number of aromatic amines is 1. The van der Waals surface area contributed by atoms with Gasteiger partial charge in [-0.05, 0) is 19.4 Å². The summed E-state index contributed by atoms with van der Waals surface area (Å²) in [5.74, 6) is -0.203. The maximum absolute atomic E-state index is 11.5. The predicted molar refractivity (Wildman–Crippen MR) is 54.3 cm³/mol. The Hall–Kier alpha value is -1.58. The summed E-state index contributed by atoms with van der Waals surface area (Å²) in [5.41, 5.74) is 0.135. The number of hydrogen-bond donors (Lipinski definition) is 2. The average Bonchev–Trinajstić information content (AvgIpc) is 2.17. The highest BCUT2D eigenvalue weighted by Crippen LogP contribution is 1.95. The lowest BCUT2D eigenvalue weighted by molar-refractivity contribution is 0.0939. The first kappa shape index (κ1) is 10.5. The number of H-pyrrole nitrogens is 1. The molecule has 1 aromatic rings. The van der Waals surface area contributed by atoms with Crippen molar-refractivity contribution in [1.82, 2.24) is 10.3 Å². The minimum Gasteiger partial charge on any atom is -0.350 e. The van der Waals surface area contributed by atoms with Crippen LogP contribution in [0.25, 0.3) is 0 Å². The molecule has 0 aliphatic heterocycles. The third kappa shape index (κ3) is 2.73. The lowest BCUT2D eigenvalue weighted by Crippen LogP contribution is -2.32. The van der Waals surface area contributed by atoms with E-state index in [9.17, 15) is 9.59 Å². The van der Waals surface area contributed by atoms with Crippen LogP contribution in [0.3, 0.4) is 0 Å². The number of aromatic nitrogens is 1. The third-order valence-corrected chi connectivity index (χ3v) is 2.03. The Morgan fingerprint density at radius 1 is 1.64 bits per heavy atom. The maximum Gasteiger partial charge on any atom is 0.251 e. The summed E-state index contributed by atoms with van der Waals surface area (Å²) in [7, 11) is 0. The monoisotopic (exact) mass is 194 g/mol. The molecule has 1 amide bonds. The number of amides is 1. The van der Waals surface area contributed by atoms with E-state index in [0.29, 0.717) is 5.56 Å². The SMILES string of the molecule is CCC(C)NC(=O)c1cc[nH]c(=O)c1. The maximum atomic E-state index is 11.5. The van der Waals surface area contributed by atoms with Gasteiger partial charge in [-0.25, -0.2) is 0 Å². The zero-order chi connectivity index (χ0) is 10.6. The van der Waals surface area contributed by atoms with Crippen molar-refractivity contribution in [2.24, 2.45) is 0 Å². The first-order chi connectivity index (χ1) is 6.63. The predicted octanol–water partition coefficient (Wildman–Crippen LogP) is 0.903. The zero-order valence-corrected chi connectivity index (χ0v) is 8.33. The smallest absolute Gasteiger partial charge is 0.251 e. The van der Waals surface area contributed by atoms with Crippen LogP contribution in [-0.2, 0) is 0 Å². The molecule has 0 saturated heterocycles. The Bertz CT molecular complexity index is 370. The number of carbonyl (C=O) groups is 1. The fourth-order valence-electron chi connectivity index (χ4n) is 0.995. The van der Waals surface area contributed by atoms with Crippen LogP contribution in [0.1, 0.15) is 30.6 Å². The Morgan fingerprint density at radius 2 is 2.36 bits per heavy atom. The van der Waals surface area contributed by atoms with E-state index < -0.39 is 0 Å². The minimum atomic E-state index is -0.262. The number of hydrogen-bond acceptors (Lipinski definition) is 2. The van der Waals surface area contributed by atoms with Crippen molar-refractivity contribution in [3.8, 4) is 0 Å². The molecule has 4 nitrogen and oxygen atoms in total. The summed E-state index contributed by atoms with van der Waals surface area (Å²) in [6, 6.07) is 3.00. The summed E-state index contributed by atoms with van der Waals surface area (Å²) < 4.78 is 0. The van der Waals surface area contributed by atoms with E-state index >= 15 is 0 Å². The number of pyridine rings is 1. The van der Waals surface area contributed by atoms with Crippen molar-refractivity contribution < 1.29 is 4.79 Å². The second-order valence-corrected chi connectivity index (χ2v) is 3.22. The van der Waals surface area contributed by atoms with Crippen LogP contribution in [0, 0.1) is 0 Å². The summed E-state index contributed by atoms with van der Waals surface area (Å²) >= 11 is 0. The van der Waals surface area contributed by atoms with Crippen LogP contribution in [0.5, 0.6) is 0 Å². The van der Waals surface area contributed by atoms with Crippen molar-refractivity contribution in [1.29, 1.82) is 0 Å². The highest BCUT2D eigenvalue weighted by molar-refractivity contribution is 5.94. The van der Waals surface area contributed by atoms with Crippen LogP contribution >= 0.6 is 0 Å². The Balaban J connectivity index is 2.75. The molecule has 0 aliphatic carbocycles. The molecule has 0 spiro atoms. The standard InChI is InChI=1S/C10H14N2O2/c1-3-7(2)12-10(14)8-4-5-11-9(13)6-8/h4-7H,3H2,1-2H3,(H,11,13)(H,12,14). The molecule has 1 heterocycles. The van der Waals surface area contributed by atoms with Gasteiger partial charge >= 0.3 is 0 Å². The lowest BCUT2D eigenvalue weighted by atomic mass is 10.2. The van der Waals surface area contributed by atoms with Crippen LogP contribution in [0.2, 0.25) is 0 Å². The third-order valence-electron chi connectivity index (χ3n) is 2.03. The van der Waals surface area contributed by atoms with E-state index in [2.05, 4.69) is 10.3 Å². The van der Waals surface area contributed by atoms with Gasteiger partial charge in [-0.3, -0.25) is 9.59 Å². The Labute approximate surface area is 82.3 Å². The van der Waals surface area contributed by atoms with Gasteiger partial charge in [0.15, 0.2) is 0 Å². The Morgan fingerprint density at radius 3 is 2.93 bits per heavy atom. The molecule has 1 atom stereocenters. The van der Waals surface area contributed by atoms with E-state index in [0.717, 1.165) is 6.42 Å². The van der Waals surface area contributed by atoms with Gasteiger partial charge in [0.05, 0.1) is 0 Å². The fraction of sp³-hybridized carbons (Fsp3) is 0.400. The second-order valence-electron chi connectivity index (χ2n) is 3.22. The molecule has 1 rings (SSSR count). The van der Waals surface area contributed by atoms with Crippen molar-refractivity contribution in [2.75, 3.05) is 0 Å². The lowest BCUT2D eigenvalue weighted by Gasteiger charge is -2.10. The fourth-order valence-corrected chi connectivity index (χ4v) is 0.995. The van der Waals surface area contributed by atoms with E-state index in [1.165, 1.54) is 12.3 Å². The van der Waals surface area contributed by atoms with Gasteiger partial charge in [-0.1, -0.05) is 6.92 Å². The molecular formula is C10H14N2O2. The van der Waals surface area contributed by atoms with Crippen LogP contribution in [-0.4, -0.2) is 16.9 Å². The van der Waals surface area contributed by atoms with Crippen molar-refractivity contribution >= 4 is 5.91 Å². The summed E-state index contributed by atoms with van der Waals surface area (Å²) in [6.07, 6.45) is 2.34. The molecule has 0 aliphatic rings. The highest BCUT2D eigenvalue weighted by atomic mass is 16.2. The largest absolute Gasteiger partial charge is 0.350 e. The molecule has 1 aromatic heterocycles. The van der Waals surface area contributed by atoms with Crippen molar-refractivity contribution in [3.05, 3.63) is 34.2 Å². The van der Waals surface area contributed by atoms with E-state index in [1.54, 1.807) is 6.07 Å². The van der Waals surface area contributed by atoms with Gasteiger partial charge in [-0.15, -0.1) is 0 Å². The average molecular weight is 194 g/mol. The highest BCUT2D eigenvalue weighted by Gasteiger charge is 2.07. The van der Waals surface area contributed by atoms with Gasteiger partial charge in [0.2, 0.25) is 5.56 Å². The molecule has 76 valence electrons. The van der Waals surface area contributed by atoms with Crippen LogP contribution < -0.4 is 10.9 Å². The zero-order valence-electron chi connectivity index (χ0n) is 8.33. The van der Waals surface area contributed by atoms with Gasteiger partial charge < -0.3 is 10.3 Å². The summed E-state index contributed by atoms with van der Waals surface area (Å²) in [4.78, 5) is 24.9.